The number of halogens is 4. The van der Waals surface area contributed by atoms with Gasteiger partial charge in [0.05, 0.1) is 15.6 Å². The van der Waals surface area contributed by atoms with Crippen LogP contribution in [0, 0.1) is 35.6 Å². The molecule has 9 nitrogen and oxygen atoms in total. The molecule has 13 heteroatoms. The van der Waals surface area contributed by atoms with Gasteiger partial charge in [-0.2, -0.15) is 0 Å². The Morgan fingerprint density at radius 2 is 1.27 bits per heavy atom. The number of carbonyl (C=O) groups is 2. The smallest absolute Gasteiger partial charge is 0.410 e. The number of nitro benzene ring substituents is 1. The van der Waals surface area contributed by atoms with Crippen LogP contribution >= 0.6 is 23.2 Å². The fraction of sp³-hybridized carbons (Fsp3) is 0.0714. The van der Waals surface area contributed by atoms with Gasteiger partial charge in [0.1, 0.15) is 17.3 Å². The van der Waals surface area contributed by atoms with E-state index in [1.54, 1.807) is 55.5 Å². The van der Waals surface area contributed by atoms with Gasteiger partial charge in [-0.1, -0.05) is 59.6 Å². The van der Waals surface area contributed by atoms with E-state index in [1.807, 2.05) is 5.32 Å². The Bertz CT molecular complexity index is 1570. The molecule has 0 unspecified atom stereocenters. The molecule has 0 fully saturated rings. The molecular weight excluding hydrogens is 583 g/mol. The Labute approximate surface area is 242 Å². The first-order valence-electron chi connectivity index (χ1n) is 11.6. The summed E-state index contributed by atoms with van der Waals surface area (Å²) in [6.45, 7) is 3.07. The molecule has 41 heavy (non-hydrogen) atoms. The van der Waals surface area contributed by atoms with E-state index in [4.69, 9.17) is 32.7 Å². The summed E-state index contributed by atoms with van der Waals surface area (Å²) in [6.07, 6.45) is -1.80. The van der Waals surface area contributed by atoms with Gasteiger partial charge in [-0.15, -0.1) is 0 Å². The number of amides is 2. The molecule has 0 aliphatic rings. The quantitative estimate of drug-likeness (QED) is 0.174. The van der Waals surface area contributed by atoms with Gasteiger partial charge < -0.3 is 9.47 Å². The number of benzene rings is 4. The molecule has 4 aromatic carbocycles. The van der Waals surface area contributed by atoms with E-state index in [0.717, 1.165) is 12.1 Å². The standard InChI is InChI=1S/C14H10ClFN2O4.C14H11ClFNO2/c1-8-10(15)7-11(16)12(13(8)18(20)21)17-14(19)22-9-5-3-2-4-6-9;1-9-7-13(12(16)8-11(9)15)17-14(18)19-10-5-3-2-4-6-10/h2-7H,1H3,(H,17,19);2-8H,1H3,(H,17,18). The number of para-hydroxylation sites is 2. The SMILES string of the molecule is Cc1c(Cl)cc(F)c(NC(=O)Oc2ccccc2)c1[N+](=O)[O-].Cc1cc(NC(=O)Oc2ccccc2)c(F)cc1Cl. The van der Waals surface area contributed by atoms with E-state index < -0.39 is 40.1 Å². The molecule has 2 amide bonds. The minimum Gasteiger partial charge on any atom is -0.410 e. The van der Waals surface area contributed by atoms with E-state index in [-0.39, 0.29) is 22.0 Å². The highest BCUT2D eigenvalue weighted by Crippen LogP contribution is 2.36. The number of carbonyl (C=O) groups excluding carboxylic acids is 2. The highest BCUT2D eigenvalue weighted by Gasteiger charge is 2.26. The third kappa shape index (κ3) is 8.62. The van der Waals surface area contributed by atoms with Crippen LogP contribution in [0.25, 0.3) is 0 Å². The average molecular weight is 604 g/mol. The number of hydrogen-bond acceptors (Lipinski definition) is 6. The first-order valence-corrected chi connectivity index (χ1v) is 12.4. The summed E-state index contributed by atoms with van der Waals surface area (Å²) >= 11 is 11.5. The summed E-state index contributed by atoms with van der Waals surface area (Å²) in [5.74, 6) is -1.03. The van der Waals surface area contributed by atoms with Gasteiger partial charge in [-0.3, -0.25) is 20.7 Å². The second-order valence-electron chi connectivity index (χ2n) is 8.18. The van der Waals surface area contributed by atoms with Crippen LogP contribution in [0.3, 0.4) is 0 Å². The van der Waals surface area contributed by atoms with Crippen molar-refractivity contribution in [2.45, 2.75) is 13.8 Å². The van der Waals surface area contributed by atoms with Crippen molar-refractivity contribution in [2.24, 2.45) is 0 Å². The van der Waals surface area contributed by atoms with Crippen LogP contribution in [0.1, 0.15) is 11.1 Å². The third-order valence-electron chi connectivity index (χ3n) is 5.24. The maximum atomic E-state index is 13.9. The molecule has 0 spiro atoms. The number of rotatable bonds is 5. The first-order chi connectivity index (χ1) is 19.5. The van der Waals surface area contributed by atoms with Crippen molar-refractivity contribution < 1.29 is 32.8 Å². The summed E-state index contributed by atoms with van der Waals surface area (Å²) in [4.78, 5) is 33.6. The molecule has 0 saturated heterocycles. The van der Waals surface area contributed by atoms with Crippen molar-refractivity contribution in [1.82, 2.24) is 0 Å². The molecule has 4 rings (SSSR count). The molecule has 0 aromatic heterocycles. The summed E-state index contributed by atoms with van der Waals surface area (Å²) in [7, 11) is 0. The largest absolute Gasteiger partial charge is 0.417 e. The zero-order chi connectivity index (χ0) is 30.1. The number of aryl methyl sites for hydroxylation is 1. The number of nitrogens with zero attached hydrogens (tertiary/aromatic N) is 1. The van der Waals surface area contributed by atoms with Crippen molar-refractivity contribution in [2.75, 3.05) is 10.6 Å². The molecule has 0 atom stereocenters. The summed E-state index contributed by atoms with van der Waals surface area (Å²) < 4.78 is 37.4. The van der Waals surface area contributed by atoms with Crippen LogP contribution in [0.4, 0.5) is 35.4 Å². The number of nitrogens with one attached hydrogen (secondary N) is 2. The molecule has 0 radical (unpaired) electrons. The van der Waals surface area contributed by atoms with Crippen molar-refractivity contribution in [3.63, 3.8) is 0 Å². The number of nitro groups is 1. The number of ether oxygens (including phenoxy) is 2. The Hall–Kier alpha value is -4.74. The molecule has 2 N–H and O–H groups in total. The Kier molecular flexibility index (Phi) is 10.6. The molecule has 212 valence electrons. The van der Waals surface area contributed by atoms with Crippen molar-refractivity contribution in [3.8, 4) is 11.5 Å². The van der Waals surface area contributed by atoms with Gasteiger partial charge in [0.25, 0.3) is 5.69 Å². The monoisotopic (exact) mass is 603 g/mol. The lowest BCUT2D eigenvalue weighted by Gasteiger charge is -2.10. The predicted octanol–water partition coefficient (Wildman–Crippen LogP) is 8.71. The molecule has 0 aliphatic carbocycles. The van der Waals surface area contributed by atoms with Crippen LogP contribution in [0.5, 0.6) is 11.5 Å². The van der Waals surface area contributed by atoms with Crippen molar-refractivity contribution in [1.29, 1.82) is 0 Å². The minimum atomic E-state index is -1.05. The Balaban J connectivity index is 0.000000228. The van der Waals surface area contributed by atoms with Gasteiger partial charge in [0.15, 0.2) is 11.5 Å². The second-order valence-corrected chi connectivity index (χ2v) is 9.00. The molecular formula is C28H21Cl2F2N3O6. The molecule has 0 saturated carbocycles. The zero-order valence-corrected chi connectivity index (χ0v) is 22.9. The van der Waals surface area contributed by atoms with Crippen molar-refractivity contribution in [3.05, 3.63) is 122 Å². The summed E-state index contributed by atoms with van der Waals surface area (Å²) in [6, 6.07) is 20.0. The maximum Gasteiger partial charge on any atom is 0.417 e. The molecule has 0 aliphatic heterocycles. The minimum absolute atomic E-state index is 0.0304. The van der Waals surface area contributed by atoms with Crippen LogP contribution in [-0.2, 0) is 0 Å². The van der Waals surface area contributed by atoms with Gasteiger partial charge in [-0.05, 0) is 61.9 Å². The lowest BCUT2D eigenvalue weighted by atomic mass is 10.1. The van der Waals surface area contributed by atoms with E-state index in [1.165, 1.54) is 25.1 Å². The Morgan fingerprint density at radius 3 is 1.78 bits per heavy atom. The zero-order valence-electron chi connectivity index (χ0n) is 21.4. The number of hydrogen-bond donors (Lipinski definition) is 2. The topological polar surface area (TPSA) is 120 Å². The fourth-order valence-corrected chi connectivity index (χ4v) is 3.60. The second kappa shape index (κ2) is 14.1. The molecule has 4 aromatic rings. The Morgan fingerprint density at radius 1 is 0.780 bits per heavy atom. The normalized spacial score (nSPS) is 10.1. The fourth-order valence-electron chi connectivity index (χ4n) is 3.26. The van der Waals surface area contributed by atoms with Crippen LogP contribution in [0.15, 0.2) is 78.9 Å². The van der Waals surface area contributed by atoms with Gasteiger partial charge in [0.2, 0.25) is 0 Å². The average Bonchev–Trinajstić information content (AvgIpc) is 2.91. The third-order valence-corrected chi connectivity index (χ3v) is 6.04. The van der Waals surface area contributed by atoms with E-state index in [2.05, 4.69) is 5.32 Å². The number of anilines is 2. The lowest BCUT2D eigenvalue weighted by Crippen LogP contribution is -2.19. The van der Waals surface area contributed by atoms with Crippen LogP contribution in [0.2, 0.25) is 10.0 Å². The van der Waals surface area contributed by atoms with E-state index in [0.29, 0.717) is 16.3 Å². The van der Waals surface area contributed by atoms with E-state index >= 15 is 0 Å². The predicted molar refractivity (Wildman–Crippen MR) is 151 cm³/mol. The van der Waals surface area contributed by atoms with Crippen LogP contribution in [-0.4, -0.2) is 17.1 Å². The summed E-state index contributed by atoms with van der Waals surface area (Å²) in [5, 5.41) is 15.6. The van der Waals surface area contributed by atoms with Crippen LogP contribution < -0.4 is 20.1 Å². The lowest BCUT2D eigenvalue weighted by molar-refractivity contribution is -0.384. The van der Waals surface area contributed by atoms with Gasteiger partial charge >= 0.3 is 12.2 Å². The van der Waals surface area contributed by atoms with Gasteiger partial charge in [0, 0.05) is 10.6 Å². The maximum absolute atomic E-state index is 13.9. The molecule has 0 bridgehead atoms. The summed E-state index contributed by atoms with van der Waals surface area (Å²) in [5.41, 5.74) is -0.466. The molecule has 0 heterocycles. The highest BCUT2D eigenvalue weighted by atomic mass is 35.5. The van der Waals surface area contributed by atoms with E-state index in [9.17, 15) is 28.5 Å². The first kappa shape index (κ1) is 30.8. The highest BCUT2D eigenvalue weighted by molar-refractivity contribution is 6.32. The van der Waals surface area contributed by atoms with Crippen molar-refractivity contribution >= 4 is 52.5 Å². The van der Waals surface area contributed by atoms with Gasteiger partial charge in [-0.25, -0.2) is 18.4 Å².